The largest absolute Gasteiger partial charge is 0.396 e. The van der Waals surface area contributed by atoms with Crippen LogP contribution in [0.1, 0.15) is 25.7 Å². The van der Waals surface area contributed by atoms with Crippen molar-refractivity contribution in [1.82, 2.24) is 0 Å². The van der Waals surface area contributed by atoms with E-state index in [-0.39, 0.29) is 18.8 Å². The molecule has 12 heavy (non-hydrogen) atoms. The van der Waals surface area contributed by atoms with E-state index in [1.165, 1.54) is 0 Å². The van der Waals surface area contributed by atoms with Gasteiger partial charge in [-0.15, -0.1) is 0 Å². The van der Waals surface area contributed by atoms with Crippen LogP contribution in [0.15, 0.2) is 0 Å². The van der Waals surface area contributed by atoms with Crippen LogP contribution in [0, 0.1) is 0 Å². The van der Waals surface area contributed by atoms with E-state index in [4.69, 9.17) is 9.84 Å². The molecule has 1 heterocycles. The summed E-state index contributed by atoms with van der Waals surface area (Å²) in [5, 5.41) is 18.0. The predicted molar refractivity (Wildman–Crippen MR) is 41.5 cm³/mol. The van der Waals surface area contributed by atoms with Gasteiger partial charge in [0.15, 0.2) is 5.78 Å². The standard InChI is InChI=1S/C8H14O4/c9-5-1-3-7(10)8(11)4-2-6-12-8/h9,11H,1-6H2. The molecule has 0 aromatic heterocycles. The molecule has 1 rings (SSSR count). The number of aliphatic hydroxyl groups excluding tert-OH is 1. The molecule has 1 atom stereocenters. The van der Waals surface area contributed by atoms with Gasteiger partial charge >= 0.3 is 0 Å². The Labute approximate surface area is 71.2 Å². The van der Waals surface area contributed by atoms with E-state index >= 15 is 0 Å². The number of carbonyl (C=O) groups is 1. The molecule has 0 aromatic rings. The molecular formula is C8H14O4. The second-order valence-corrected chi connectivity index (χ2v) is 2.99. The molecule has 0 bridgehead atoms. The van der Waals surface area contributed by atoms with E-state index in [9.17, 15) is 9.90 Å². The Morgan fingerprint density at radius 1 is 1.58 bits per heavy atom. The highest BCUT2D eigenvalue weighted by atomic mass is 16.6. The third kappa shape index (κ3) is 2.03. The van der Waals surface area contributed by atoms with Gasteiger partial charge in [0.05, 0.1) is 6.61 Å². The Morgan fingerprint density at radius 3 is 2.83 bits per heavy atom. The van der Waals surface area contributed by atoms with Gasteiger partial charge in [0.2, 0.25) is 5.79 Å². The number of carbonyl (C=O) groups excluding carboxylic acids is 1. The first-order valence-electron chi connectivity index (χ1n) is 4.19. The Kier molecular flexibility index (Phi) is 3.20. The van der Waals surface area contributed by atoms with E-state index in [0.717, 1.165) is 6.42 Å². The zero-order valence-corrected chi connectivity index (χ0v) is 6.95. The predicted octanol–water partition coefficient (Wildman–Crippen LogP) is -0.173. The summed E-state index contributed by atoms with van der Waals surface area (Å²) in [6.45, 7) is 0.420. The van der Waals surface area contributed by atoms with Crippen molar-refractivity contribution in [2.45, 2.75) is 31.5 Å². The fraction of sp³-hybridized carbons (Fsp3) is 0.875. The van der Waals surface area contributed by atoms with Gasteiger partial charge in [-0.3, -0.25) is 4.79 Å². The minimum atomic E-state index is -1.55. The van der Waals surface area contributed by atoms with Crippen molar-refractivity contribution in [3.63, 3.8) is 0 Å². The second kappa shape index (κ2) is 3.98. The first-order chi connectivity index (χ1) is 5.69. The maximum atomic E-state index is 11.2. The van der Waals surface area contributed by atoms with Crippen LogP contribution >= 0.6 is 0 Å². The summed E-state index contributed by atoms with van der Waals surface area (Å²) < 4.78 is 4.92. The smallest absolute Gasteiger partial charge is 0.226 e. The number of hydrogen-bond acceptors (Lipinski definition) is 4. The monoisotopic (exact) mass is 174 g/mol. The summed E-state index contributed by atoms with van der Waals surface area (Å²) in [4.78, 5) is 11.2. The van der Waals surface area contributed by atoms with Crippen LogP contribution in [0.25, 0.3) is 0 Å². The van der Waals surface area contributed by atoms with E-state index in [1.54, 1.807) is 0 Å². The molecular weight excluding hydrogens is 160 g/mol. The van der Waals surface area contributed by atoms with Crippen molar-refractivity contribution >= 4 is 5.78 Å². The minimum absolute atomic E-state index is 0.0260. The quantitative estimate of drug-likeness (QED) is 0.620. The highest BCUT2D eigenvalue weighted by molar-refractivity contribution is 5.85. The number of ketones is 1. The summed E-state index contributed by atoms with van der Waals surface area (Å²) >= 11 is 0. The molecule has 0 spiro atoms. The lowest BCUT2D eigenvalue weighted by Crippen LogP contribution is -2.37. The lowest BCUT2D eigenvalue weighted by molar-refractivity contribution is -0.187. The fourth-order valence-corrected chi connectivity index (χ4v) is 1.28. The summed E-state index contributed by atoms with van der Waals surface area (Å²) in [5.74, 6) is -1.86. The van der Waals surface area contributed by atoms with Crippen LogP contribution in [0.4, 0.5) is 0 Å². The third-order valence-corrected chi connectivity index (χ3v) is 2.00. The van der Waals surface area contributed by atoms with Gasteiger partial charge in [0, 0.05) is 19.4 Å². The average Bonchev–Trinajstić information content (AvgIpc) is 2.49. The topological polar surface area (TPSA) is 66.8 Å². The minimum Gasteiger partial charge on any atom is -0.396 e. The average molecular weight is 174 g/mol. The molecule has 0 saturated carbocycles. The van der Waals surface area contributed by atoms with Crippen molar-refractivity contribution in [2.24, 2.45) is 0 Å². The van der Waals surface area contributed by atoms with Gasteiger partial charge in [0.25, 0.3) is 0 Å². The third-order valence-electron chi connectivity index (χ3n) is 2.00. The maximum Gasteiger partial charge on any atom is 0.226 e. The van der Waals surface area contributed by atoms with Crippen molar-refractivity contribution in [1.29, 1.82) is 0 Å². The molecule has 0 radical (unpaired) electrons. The van der Waals surface area contributed by atoms with Crippen LogP contribution in [-0.2, 0) is 9.53 Å². The summed E-state index contributed by atoms with van der Waals surface area (Å²) in [6, 6.07) is 0. The van der Waals surface area contributed by atoms with Crippen molar-refractivity contribution in [2.75, 3.05) is 13.2 Å². The second-order valence-electron chi connectivity index (χ2n) is 2.99. The Morgan fingerprint density at radius 2 is 2.33 bits per heavy atom. The highest BCUT2D eigenvalue weighted by Gasteiger charge is 2.39. The fourth-order valence-electron chi connectivity index (χ4n) is 1.28. The van der Waals surface area contributed by atoms with Crippen LogP contribution in [0.3, 0.4) is 0 Å². The van der Waals surface area contributed by atoms with Gasteiger partial charge in [-0.2, -0.15) is 0 Å². The molecule has 1 fully saturated rings. The van der Waals surface area contributed by atoms with E-state index < -0.39 is 5.79 Å². The Bertz CT molecular complexity index is 160. The van der Waals surface area contributed by atoms with E-state index in [2.05, 4.69) is 0 Å². The molecule has 70 valence electrons. The van der Waals surface area contributed by atoms with Gasteiger partial charge in [-0.25, -0.2) is 0 Å². The van der Waals surface area contributed by atoms with Gasteiger partial charge in [-0.1, -0.05) is 0 Å². The molecule has 2 N–H and O–H groups in total. The number of Topliss-reactive ketones (excluding diaryl/α,β-unsaturated/α-hetero) is 1. The summed E-state index contributed by atoms with van der Waals surface area (Å²) in [6.07, 6.45) is 1.69. The summed E-state index contributed by atoms with van der Waals surface area (Å²) in [5.41, 5.74) is 0. The first-order valence-corrected chi connectivity index (χ1v) is 4.19. The molecule has 0 aliphatic carbocycles. The van der Waals surface area contributed by atoms with Crippen LogP contribution in [-0.4, -0.2) is 35.0 Å². The Balaban J connectivity index is 2.39. The lowest BCUT2D eigenvalue weighted by Gasteiger charge is -2.19. The number of hydrogen-bond donors (Lipinski definition) is 2. The molecule has 4 heteroatoms. The molecule has 1 aliphatic rings. The molecule has 0 aromatic carbocycles. The highest BCUT2D eigenvalue weighted by Crippen LogP contribution is 2.24. The Hall–Kier alpha value is -0.450. The zero-order valence-electron chi connectivity index (χ0n) is 6.95. The van der Waals surface area contributed by atoms with Crippen molar-refractivity contribution < 1.29 is 19.7 Å². The van der Waals surface area contributed by atoms with Crippen LogP contribution < -0.4 is 0 Å². The lowest BCUT2D eigenvalue weighted by atomic mass is 10.0. The normalized spacial score (nSPS) is 29.2. The maximum absolute atomic E-state index is 11.2. The molecule has 1 aliphatic heterocycles. The molecule has 1 unspecified atom stereocenters. The van der Waals surface area contributed by atoms with E-state index in [1.807, 2.05) is 0 Å². The van der Waals surface area contributed by atoms with Crippen LogP contribution in [0.2, 0.25) is 0 Å². The molecule has 1 saturated heterocycles. The first kappa shape index (κ1) is 9.64. The van der Waals surface area contributed by atoms with Crippen molar-refractivity contribution in [3.05, 3.63) is 0 Å². The molecule has 4 nitrogen and oxygen atoms in total. The molecule has 0 amide bonds. The SMILES string of the molecule is O=C(CCCO)C1(O)CCCO1. The van der Waals surface area contributed by atoms with E-state index in [0.29, 0.717) is 19.4 Å². The van der Waals surface area contributed by atoms with Gasteiger partial charge < -0.3 is 14.9 Å². The number of rotatable bonds is 4. The number of ether oxygens (including phenoxy) is 1. The van der Waals surface area contributed by atoms with Gasteiger partial charge in [-0.05, 0) is 12.8 Å². The zero-order chi connectivity index (χ0) is 9.03. The number of aliphatic hydroxyl groups is 2. The van der Waals surface area contributed by atoms with Crippen molar-refractivity contribution in [3.8, 4) is 0 Å². The van der Waals surface area contributed by atoms with Crippen LogP contribution in [0.5, 0.6) is 0 Å². The summed E-state index contributed by atoms with van der Waals surface area (Å²) in [7, 11) is 0. The van der Waals surface area contributed by atoms with Gasteiger partial charge in [0.1, 0.15) is 0 Å².